The van der Waals surface area contributed by atoms with Gasteiger partial charge in [0.1, 0.15) is 5.82 Å². The van der Waals surface area contributed by atoms with Crippen LogP contribution in [0.25, 0.3) is 0 Å². The molecule has 0 atom stereocenters. The van der Waals surface area contributed by atoms with Crippen molar-refractivity contribution >= 4 is 11.8 Å². The molecule has 0 radical (unpaired) electrons. The van der Waals surface area contributed by atoms with E-state index in [2.05, 4.69) is 10.6 Å². The average molecular weight is 280 g/mol. The molecule has 0 saturated carbocycles. The second kappa shape index (κ2) is 7.03. The van der Waals surface area contributed by atoms with Gasteiger partial charge in [-0.1, -0.05) is 26.8 Å². The predicted molar refractivity (Wildman–Crippen MR) is 75.8 cm³/mol. The first kappa shape index (κ1) is 16.1. The summed E-state index contributed by atoms with van der Waals surface area (Å²) in [5, 5.41) is 5.35. The Hall–Kier alpha value is -1.91. The van der Waals surface area contributed by atoms with Crippen LogP contribution >= 0.6 is 0 Å². The topological polar surface area (TPSA) is 58.2 Å². The molecule has 1 rings (SSSR count). The van der Waals surface area contributed by atoms with E-state index in [0.717, 1.165) is 0 Å². The number of nitrogens with one attached hydrogen (secondary N) is 2. The number of halogens is 1. The molecule has 0 unspecified atom stereocenters. The summed E-state index contributed by atoms with van der Waals surface area (Å²) in [7, 11) is 0. The van der Waals surface area contributed by atoms with Crippen LogP contribution in [-0.2, 0) is 4.79 Å². The number of benzene rings is 1. The maximum Gasteiger partial charge on any atom is 0.251 e. The Labute approximate surface area is 118 Å². The lowest BCUT2D eigenvalue weighted by Gasteiger charge is -2.17. The van der Waals surface area contributed by atoms with Crippen LogP contribution in [0.5, 0.6) is 0 Å². The van der Waals surface area contributed by atoms with Gasteiger partial charge in [0, 0.05) is 25.1 Å². The van der Waals surface area contributed by atoms with Gasteiger partial charge in [0.05, 0.1) is 0 Å². The first-order valence-electron chi connectivity index (χ1n) is 6.58. The molecule has 110 valence electrons. The van der Waals surface area contributed by atoms with Crippen molar-refractivity contribution in [1.29, 1.82) is 0 Å². The van der Waals surface area contributed by atoms with Gasteiger partial charge in [-0.05, 0) is 23.6 Å². The molecule has 2 amide bonds. The highest BCUT2D eigenvalue weighted by atomic mass is 19.1. The maximum atomic E-state index is 12.9. The number of rotatable bonds is 5. The van der Waals surface area contributed by atoms with Crippen LogP contribution < -0.4 is 10.6 Å². The Kier molecular flexibility index (Phi) is 5.67. The van der Waals surface area contributed by atoms with Crippen LogP contribution in [0, 0.1) is 11.2 Å². The number of amides is 2. The fourth-order valence-corrected chi connectivity index (χ4v) is 1.65. The molecule has 2 N–H and O–H groups in total. The SMILES string of the molecule is CC(C)(C)CC(=O)NCCNC(=O)c1cccc(F)c1. The monoisotopic (exact) mass is 280 g/mol. The van der Waals surface area contributed by atoms with E-state index in [4.69, 9.17) is 0 Å². The first-order chi connectivity index (χ1) is 9.28. The Morgan fingerprint density at radius 2 is 1.80 bits per heavy atom. The van der Waals surface area contributed by atoms with E-state index >= 15 is 0 Å². The van der Waals surface area contributed by atoms with E-state index in [-0.39, 0.29) is 22.8 Å². The van der Waals surface area contributed by atoms with Crippen LogP contribution in [0.15, 0.2) is 24.3 Å². The van der Waals surface area contributed by atoms with Gasteiger partial charge in [0.2, 0.25) is 5.91 Å². The fourth-order valence-electron chi connectivity index (χ4n) is 1.65. The van der Waals surface area contributed by atoms with E-state index in [0.29, 0.717) is 19.5 Å². The molecular formula is C15H21FN2O2. The molecule has 0 fully saturated rings. The maximum absolute atomic E-state index is 12.9. The quantitative estimate of drug-likeness (QED) is 0.812. The zero-order chi connectivity index (χ0) is 15.2. The summed E-state index contributed by atoms with van der Waals surface area (Å²) < 4.78 is 12.9. The number of hydrogen-bond acceptors (Lipinski definition) is 2. The molecular weight excluding hydrogens is 259 g/mol. The van der Waals surface area contributed by atoms with Crippen molar-refractivity contribution in [3.8, 4) is 0 Å². The minimum atomic E-state index is -0.448. The van der Waals surface area contributed by atoms with Gasteiger partial charge >= 0.3 is 0 Å². The summed E-state index contributed by atoms with van der Waals surface area (Å²) >= 11 is 0. The largest absolute Gasteiger partial charge is 0.354 e. The van der Waals surface area contributed by atoms with Crippen molar-refractivity contribution in [2.75, 3.05) is 13.1 Å². The summed E-state index contributed by atoms with van der Waals surface area (Å²) in [5.74, 6) is -0.844. The molecule has 5 heteroatoms. The third-order valence-corrected chi connectivity index (χ3v) is 2.51. The average Bonchev–Trinajstić information content (AvgIpc) is 2.32. The standard InChI is InChI=1S/C15H21FN2O2/c1-15(2,3)10-13(19)17-7-8-18-14(20)11-5-4-6-12(16)9-11/h4-6,9H,7-8,10H2,1-3H3,(H,17,19)(H,18,20). The molecule has 0 heterocycles. The summed E-state index contributed by atoms with van der Waals surface area (Å²) in [5.41, 5.74) is 0.209. The minimum Gasteiger partial charge on any atom is -0.354 e. The van der Waals surface area contributed by atoms with Gasteiger partial charge < -0.3 is 10.6 Å². The Morgan fingerprint density at radius 1 is 1.15 bits per heavy atom. The molecule has 4 nitrogen and oxygen atoms in total. The van der Waals surface area contributed by atoms with Crippen molar-refractivity contribution in [2.45, 2.75) is 27.2 Å². The third kappa shape index (κ3) is 6.31. The van der Waals surface area contributed by atoms with Gasteiger partial charge in [0.25, 0.3) is 5.91 Å². The second-order valence-corrected chi connectivity index (χ2v) is 5.85. The molecule has 0 saturated heterocycles. The van der Waals surface area contributed by atoms with Crippen molar-refractivity contribution in [3.63, 3.8) is 0 Å². The normalized spacial score (nSPS) is 11.0. The van der Waals surface area contributed by atoms with Crippen LogP contribution in [-0.4, -0.2) is 24.9 Å². The number of carbonyl (C=O) groups excluding carboxylic acids is 2. The fraction of sp³-hybridized carbons (Fsp3) is 0.467. The lowest BCUT2D eigenvalue weighted by atomic mass is 9.92. The summed E-state index contributed by atoms with van der Waals surface area (Å²) in [4.78, 5) is 23.2. The van der Waals surface area contributed by atoms with Gasteiger partial charge in [-0.15, -0.1) is 0 Å². The molecule has 0 aliphatic heterocycles. The van der Waals surface area contributed by atoms with Crippen LogP contribution in [0.3, 0.4) is 0 Å². The third-order valence-electron chi connectivity index (χ3n) is 2.51. The molecule has 0 aliphatic carbocycles. The van der Waals surface area contributed by atoms with Crippen LogP contribution in [0.4, 0.5) is 4.39 Å². The van der Waals surface area contributed by atoms with Gasteiger partial charge in [-0.2, -0.15) is 0 Å². The van der Waals surface area contributed by atoms with E-state index < -0.39 is 5.82 Å². The molecule has 0 bridgehead atoms. The van der Waals surface area contributed by atoms with E-state index in [1.54, 1.807) is 0 Å². The molecule has 1 aromatic rings. The smallest absolute Gasteiger partial charge is 0.251 e. The van der Waals surface area contributed by atoms with E-state index in [1.807, 2.05) is 20.8 Å². The molecule has 1 aromatic carbocycles. The van der Waals surface area contributed by atoms with Crippen molar-refractivity contribution in [2.24, 2.45) is 5.41 Å². The van der Waals surface area contributed by atoms with Gasteiger partial charge in [-0.3, -0.25) is 9.59 Å². The van der Waals surface area contributed by atoms with Crippen LogP contribution in [0.2, 0.25) is 0 Å². The van der Waals surface area contributed by atoms with E-state index in [9.17, 15) is 14.0 Å². The number of hydrogen-bond donors (Lipinski definition) is 2. The number of carbonyl (C=O) groups is 2. The lowest BCUT2D eigenvalue weighted by Crippen LogP contribution is -2.35. The molecule has 0 aliphatic rings. The second-order valence-electron chi connectivity index (χ2n) is 5.85. The molecule has 0 spiro atoms. The van der Waals surface area contributed by atoms with Crippen molar-refractivity contribution in [3.05, 3.63) is 35.6 Å². The van der Waals surface area contributed by atoms with Gasteiger partial charge in [-0.25, -0.2) is 4.39 Å². The molecule has 20 heavy (non-hydrogen) atoms. The molecule has 0 aromatic heterocycles. The zero-order valence-corrected chi connectivity index (χ0v) is 12.1. The first-order valence-corrected chi connectivity index (χ1v) is 6.58. The minimum absolute atomic E-state index is 0.0440. The van der Waals surface area contributed by atoms with Crippen LogP contribution in [0.1, 0.15) is 37.6 Å². The lowest BCUT2D eigenvalue weighted by molar-refractivity contribution is -0.122. The highest BCUT2D eigenvalue weighted by molar-refractivity contribution is 5.94. The summed E-state index contributed by atoms with van der Waals surface area (Å²) in [6.45, 7) is 6.62. The summed E-state index contributed by atoms with van der Waals surface area (Å²) in [6, 6.07) is 5.48. The van der Waals surface area contributed by atoms with Gasteiger partial charge in [0.15, 0.2) is 0 Å². The summed E-state index contributed by atoms with van der Waals surface area (Å²) in [6.07, 6.45) is 0.435. The Morgan fingerprint density at radius 3 is 2.40 bits per heavy atom. The zero-order valence-electron chi connectivity index (χ0n) is 12.1. The Bertz CT molecular complexity index is 481. The highest BCUT2D eigenvalue weighted by Gasteiger charge is 2.15. The Balaban J connectivity index is 2.28. The van der Waals surface area contributed by atoms with Crippen molar-refractivity contribution < 1.29 is 14.0 Å². The predicted octanol–water partition coefficient (Wildman–Crippen LogP) is 2.11. The highest BCUT2D eigenvalue weighted by Crippen LogP contribution is 2.17. The van der Waals surface area contributed by atoms with E-state index in [1.165, 1.54) is 24.3 Å². The van der Waals surface area contributed by atoms with Crippen molar-refractivity contribution in [1.82, 2.24) is 10.6 Å².